The van der Waals surface area contributed by atoms with E-state index in [4.69, 9.17) is 10.4 Å². The van der Waals surface area contributed by atoms with Crippen molar-refractivity contribution >= 4 is 11.2 Å². The van der Waals surface area contributed by atoms with Gasteiger partial charge >= 0.3 is 0 Å². The number of hydrogen-bond donors (Lipinski definition) is 2. The molecule has 9 heteroatoms. The molecule has 2 atom stereocenters. The summed E-state index contributed by atoms with van der Waals surface area (Å²) in [6.07, 6.45) is 12.4. The Morgan fingerprint density at radius 1 is 1.32 bits per heavy atom. The average Bonchev–Trinajstić information content (AvgIpc) is 3.26. The van der Waals surface area contributed by atoms with Gasteiger partial charge in [-0.2, -0.15) is 20.7 Å². The predicted octanol–water partition coefficient (Wildman–Crippen LogP) is 2.48. The molecule has 0 spiro atoms. The van der Waals surface area contributed by atoms with Crippen LogP contribution in [0.25, 0.3) is 16.8 Å². The molecule has 3 aromatic heterocycles. The van der Waals surface area contributed by atoms with Gasteiger partial charge in [-0.05, 0) is 43.0 Å². The summed E-state index contributed by atoms with van der Waals surface area (Å²) >= 11 is 0. The molecule has 5 rings (SSSR count). The van der Waals surface area contributed by atoms with E-state index in [1.54, 1.807) is 42.4 Å². The lowest BCUT2D eigenvalue weighted by Crippen LogP contribution is -2.33. The number of fused-ring (bicyclic) bond motifs is 2. The first-order valence-electron chi connectivity index (χ1n) is 10.2. The highest BCUT2D eigenvalue weighted by Crippen LogP contribution is 2.63. The number of hydrogen-bond acceptors (Lipinski definition) is 7. The quantitative estimate of drug-likeness (QED) is 0.599. The zero-order chi connectivity index (χ0) is 21.6. The normalized spacial score (nSPS) is 26.5. The summed E-state index contributed by atoms with van der Waals surface area (Å²) in [6, 6.07) is 6.59. The van der Waals surface area contributed by atoms with E-state index < -0.39 is 0 Å². The van der Waals surface area contributed by atoms with Gasteiger partial charge in [0.05, 0.1) is 65.5 Å². The van der Waals surface area contributed by atoms with Crippen LogP contribution in [0.1, 0.15) is 25.0 Å². The molecule has 2 unspecified atom stereocenters. The van der Waals surface area contributed by atoms with Crippen LogP contribution in [0.4, 0.5) is 0 Å². The van der Waals surface area contributed by atoms with E-state index in [1.807, 2.05) is 16.9 Å². The zero-order valence-electron chi connectivity index (χ0n) is 17.0. The topological polar surface area (TPSA) is 131 Å². The first-order valence-corrected chi connectivity index (χ1v) is 10.2. The molecule has 0 aromatic carbocycles. The van der Waals surface area contributed by atoms with Crippen LogP contribution >= 0.6 is 0 Å². The van der Waals surface area contributed by atoms with Gasteiger partial charge in [0.2, 0.25) is 0 Å². The molecule has 2 aliphatic rings. The molecule has 3 aromatic rings. The smallest absolute Gasteiger partial charge is 0.107 e. The first kappa shape index (κ1) is 19.0. The minimum absolute atomic E-state index is 0.128. The SMILES string of the molecule is CN/C=C\C(=N)c1cn2nccc2c(-c2cnn(C3(CC#N)CC4C(C#N)C4C3)c2)n1. The monoisotopic (exact) mass is 411 g/mol. The summed E-state index contributed by atoms with van der Waals surface area (Å²) in [6.45, 7) is 0. The molecule has 2 N–H and O–H groups in total. The molecule has 9 nitrogen and oxygen atoms in total. The number of nitrogens with one attached hydrogen (secondary N) is 2. The molecule has 0 radical (unpaired) electrons. The predicted molar refractivity (Wildman–Crippen MR) is 113 cm³/mol. The van der Waals surface area contributed by atoms with E-state index in [0.29, 0.717) is 29.6 Å². The third kappa shape index (κ3) is 2.98. The maximum atomic E-state index is 9.47. The van der Waals surface area contributed by atoms with Crippen LogP contribution in [-0.4, -0.2) is 37.1 Å². The first-order chi connectivity index (χ1) is 15.1. The van der Waals surface area contributed by atoms with Crippen LogP contribution in [0.5, 0.6) is 0 Å². The van der Waals surface area contributed by atoms with Gasteiger partial charge in [0, 0.05) is 18.8 Å². The summed E-state index contributed by atoms with van der Waals surface area (Å²) in [5.74, 6) is 0.866. The lowest BCUT2D eigenvalue weighted by atomic mass is 9.88. The minimum atomic E-state index is -0.369. The average molecular weight is 411 g/mol. The van der Waals surface area contributed by atoms with Crippen LogP contribution < -0.4 is 5.32 Å². The van der Waals surface area contributed by atoms with Crippen molar-refractivity contribution in [1.82, 2.24) is 29.7 Å². The van der Waals surface area contributed by atoms with Crippen molar-refractivity contribution in [1.29, 1.82) is 15.9 Å². The second-order valence-electron chi connectivity index (χ2n) is 8.30. The fraction of sp³-hybridized carbons (Fsp3) is 0.364. The van der Waals surface area contributed by atoms with Crippen molar-refractivity contribution in [3.05, 3.63) is 48.8 Å². The molecule has 0 bridgehead atoms. The number of nitriles is 2. The highest BCUT2D eigenvalue weighted by Gasteiger charge is 2.62. The van der Waals surface area contributed by atoms with Crippen molar-refractivity contribution in [2.24, 2.45) is 17.8 Å². The lowest BCUT2D eigenvalue weighted by Gasteiger charge is -2.29. The Morgan fingerprint density at radius 3 is 2.84 bits per heavy atom. The second-order valence-corrected chi connectivity index (χ2v) is 8.30. The van der Waals surface area contributed by atoms with E-state index >= 15 is 0 Å². The standard InChI is InChI=1S/C22H21N9/c1-26-6-2-18(25)19-13-30-20(3-7-27-30)21(29-19)14-11-28-31(12-14)22(4-5-23)8-15-16(9-22)17(15)10-24/h2-3,6-7,11-13,15-17,25-26H,4,8-9H2,1H3/b6-2-,25-18?. The molecule has 2 saturated carbocycles. The molecular weight excluding hydrogens is 390 g/mol. The highest BCUT2D eigenvalue weighted by atomic mass is 15.3. The number of rotatable bonds is 6. The van der Waals surface area contributed by atoms with Crippen LogP contribution in [0.3, 0.4) is 0 Å². The summed E-state index contributed by atoms with van der Waals surface area (Å²) in [4.78, 5) is 4.73. The Bertz CT molecular complexity index is 1270. The Kier molecular flexibility index (Phi) is 4.33. The Labute approximate surface area is 179 Å². The van der Waals surface area contributed by atoms with Crippen molar-refractivity contribution in [2.45, 2.75) is 24.8 Å². The fourth-order valence-electron chi connectivity index (χ4n) is 4.94. The number of nitrogens with zero attached hydrogens (tertiary/aromatic N) is 7. The second kappa shape index (κ2) is 7.06. The van der Waals surface area contributed by atoms with Gasteiger partial charge in [0.25, 0.3) is 0 Å². The summed E-state index contributed by atoms with van der Waals surface area (Å²) < 4.78 is 3.61. The van der Waals surface area contributed by atoms with Crippen molar-refractivity contribution < 1.29 is 0 Å². The maximum absolute atomic E-state index is 9.47. The largest absolute Gasteiger partial charge is 0.394 e. The summed E-state index contributed by atoms with van der Waals surface area (Å²) in [5, 5.41) is 38.9. The lowest BCUT2D eigenvalue weighted by molar-refractivity contribution is 0.234. The molecular formula is C22H21N9. The molecule has 2 aliphatic carbocycles. The van der Waals surface area contributed by atoms with E-state index in [1.165, 1.54) is 0 Å². The molecule has 0 amide bonds. The van der Waals surface area contributed by atoms with Crippen LogP contribution in [0.15, 0.2) is 43.1 Å². The van der Waals surface area contributed by atoms with Crippen LogP contribution in [-0.2, 0) is 5.54 Å². The van der Waals surface area contributed by atoms with Crippen LogP contribution in [0.2, 0.25) is 0 Å². The fourth-order valence-corrected chi connectivity index (χ4v) is 4.94. The van der Waals surface area contributed by atoms with Gasteiger partial charge in [-0.1, -0.05) is 0 Å². The van der Waals surface area contributed by atoms with Gasteiger partial charge in [-0.15, -0.1) is 0 Å². The van der Waals surface area contributed by atoms with Gasteiger partial charge in [-0.25, -0.2) is 9.50 Å². The molecule has 2 fully saturated rings. The summed E-state index contributed by atoms with van der Waals surface area (Å²) in [5.41, 5.74) is 2.71. The number of aromatic nitrogens is 5. The Hall–Kier alpha value is -3.98. The van der Waals surface area contributed by atoms with E-state index in [-0.39, 0.29) is 17.2 Å². The molecule has 31 heavy (non-hydrogen) atoms. The molecule has 0 aliphatic heterocycles. The van der Waals surface area contributed by atoms with Gasteiger partial charge in [0.1, 0.15) is 5.69 Å². The number of allylic oxidation sites excluding steroid dienone is 1. The molecule has 0 saturated heterocycles. The highest BCUT2D eigenvalue weighted by molar-refractivity contribution is 6.05. The van der Waals surface area contributed by atoms with E-state index in [0.717, 1.165) is 23.9 Å². The van der Waals surface area contributed by atoms with Crippen molar-refractivity contribution in [3.8, 4) is 23.4 Å². The maximum Gasteiger partial charge on any atom is 0.107 e. The van der Waals surface area contributed by atoms with Gasteiger partial charge in [0.15, 0.2) is 0 Å². The molecule has 3 heterocycles. The van der Waals surface area contributed by atoms with Crippen molar-refractivity contribution in [2.75, 3.05) is 7.05 Å². The van der Waals surface area contributed by atoms with Crippen LogP contribution in [0, 0.1) is 45.8 Å². The third-order valence-electron chi connectivity index (χ3n) is 6.54. The summed E-state index contributed by atoms with van der Waals surface area (Å²) in [7, 11) is 1.77. The van der Waals surface area contributed by atoms with E-state index in [2.05, 4.69) is 27.7 Å². The Morgan fingerprint density at radius 2 is 2.13 bits per heavy atom. The third-order valence-corrected chi connectivity index (χ3v) is 6.54. The minimum Gasteiger partial charge on any atom is -0.394 e. The molecule has 154 valence electrons. The zero-order valence-corrected chi connectivity index (χ0v) is 17.0. The van der Waals surface area contributed by atoms with Gasteiger partial charge < -0.3 is 5.32 Å². The van der Waals surface area contributed by atoms with Crippen molar-refractivity contribution in [3.63, 3.8) is 0 Å². The Balaban J connectivity index is 1.53. The van der Waals surface area contributed by atoms with Gasteiger partial charge in [-0.3, -0.25) is 10.1 Å². The van der Waals surface area contributed by atoms with E-state index in [9.17, 15) is 10.5 Å².